The van der Waals surface area contributed by atoms with E-state index in [-0.39, 0.29) is 40.2 Å². The maximum absolute atomic E-state index is 12.7. The molecule has 2 aromatic heterocycles. The zero-order chi connectivity index (χ0) is 23.9. The van der Waals surface area contributed by atoms with Crippen LogP contribution in [0.3, 0.4) is 0 Å². The Morgan fingerprint density at radius 3 is 2.27 bits per heavy atom. The highest BCUT2D eigenvalue weighted by atomic mass is 16.6. The fraction of sp³-hybridized carbons (Fsp3) is 0.150. The molecular formula is C20H16N6O7. The Morgan fingerprint density at radius 1 is 1.09 bits per heavy atom. The first-order valence-corrected chi connectivity index (χ1v) is 9.53. The van der Waals surface area contributed by atoms with Crippen molar-refractivity contribution < 1.29 is 24.1 Å². The quantitative estimate of drug-likeness (QED) is 0.259. The number of nitrogen functional groups attached to an aromatic ring is 1. The number of hydrogen-bond donors (Lipinski definition) is 1. The number of ether oxygens (including phenoxy) is 2. The normalized spacial score (nSPS) is 11.0. The SMILES string of the molecule is CCOC(=O)c1c(N)n(-c2ccccc2OC)c2nc3cc([N+](=O)[O-])c([N+](=O)[O-])cc3nc12. The van der Waals surface area contributed by atoms with Gasteiger partial charge in [-0.3, -0.25) is 24.8 Å². The number of nitro benzene ring substituents is 2. The second-order valence-electron chi connectivity index (χ2n) is 6.73. The summed E-state index contributed by atoms with van der Waals surface area (Å²) in [5.41, 5.74) is 5.27. The molecule has 4 rings (SSSR count). The van der Waals surface area contributed by atoms with Gasteiger partial charge in [-0.2, -0.15) is 0 Å². The number of carbonyl (C=O) groups excluding carboxylic acids is 1. The lowest BCUT2D eigenvalue weighted by molar-refractivity contribution is -0.422. The Bertz CT molecular complexity index is 1460. The number of esters is 1. The van der Waals surface area contributed by atoms with Crippen LogP contribution in [-0.4, -0.2) is 44.1 Å². The van der Waals surface area contributed by atoms with Crippen molar-refractivity contribution in [3.05, 3.63) is 62.2 Å². The third-order valence-electron chi connectivity index (χ3n) is 4.89. The lowest BCUT2D eigenvalue weighted by Gasteiger charge is -2.12. The molecule has 4 aromatic rings. The molecule has 13 nitrogen and oxygen atoms in total. The van der Waals surface area contributed by atoms with Gasteiger partial charge in [-0.25, -0.2) is 14.8 Å². The molecule has 2 aromatic carbocycles. The van der Waals surface area contributed by atoms with Crippen LogP contribution in [0.4, 0.5) is 17.2 Å². The molecule has 33 heavy (non-hydrogen) atoms. The number of para-hydroxylation sites is 2. The first-order valence-electron chi connectivity index (χ1n) is 9.53. The van der Waals surface area contributed by atoms with E-state index in [9.17, 15) is 25.0 Å². The number of rotatable bonds is 6. The van der Waals surface area contributed by atoms with E-state index < -0.39 is 27.2 Å². The van der Waals surface area contributed by atoms with Gasteiger partial charge in [0.05, 0.1) is 52.4 Å². The maximum Gasteiger partial charge on any atom is 0.348 e. The number of aromatic nitrogens is 3. The Kier molecular flexibility index (Phi) is 5.21. The van der Waals surface area contributed by atoms with Gasteiger partial charge >= 0.3 is 17.3 Å². The number of anilines is 1. The van der Waals surface area contributed by atoms with Crippen molar-refractivity contribution in [2.24, 2.45) is 0 Å². The minimum absolute atomic E-state index is 0.00357. The Hall–Kier alpha value is -4.81. The summed E-state index contributed by atoms with van der Waals surface area (Å²) >= 11 is 0. The van der Waals surface area contributed by atoms with E-state index >= 15 is 0 Å². The molecule has 0 fully saturated rings. The van der Waals surface area contributed by atoms with Crippen molar-refractivity contribution in [2.75, 3.05) is 19.5 Å². The van der Waals surface area contributed by atoms with E-state index in [0.717, 1.165) is 12.1 Å². The Labute approximate surface area is 184 Å². The molecule has 0 saturated heterocycles. The molecule has 0 aliphatic carbocycles. The molecule has 168 valence electrons. The summed E-state index contributed by atoms with van der Waals surface area (Å²) < 4.78 is 11.9. The van der Waals surface area contributed by atoms with E-state index in [1.165, 1.54) is 11.7 Å². The van der Waals surface area contributed by atoms with Crippen molar-refractivity contribution in [3.8, 4) is 11.4 Å². The molecule has 0 amide bonds. The summed E-state index contributed by atoms with van der Waals surface area (Å²) in [6.07, 6.45) is 0. The van der Waals surface area contributed by atoms with Crippen LogP contribution in [0.5, 0.6) is 5.75 Å². The second-order valence-corrected chi connectivity index (χ2v) is 6.73. The molecule has 0 radical (unpaired) electrons. The highest BCUT2D eigenvalue weighted by Gasteiger charge is 2.30. The third kappa shape index (κ3) is 3.40. The summed E-state index contributed by atoms with van der Waals surface area (Å²) in [4.78, 5) is 42.5. The summed E-state index contributed by atoms with van der Waals surface area (Å²) in [5.74, 6) is -0.404. The monoisotopic (exact) mass is 452 g/mol. The summed E-state index contributed by atoms with van der Waals surface area (Å²) in [6.45, 7) is 1.69. The van der Waals surface area contributed by atoms with Crippen molar-refractivity contribution in [3.63, 3.8) is 0 Å². The van der Waals surface area contributed by atoms with Crippen LogP contribution in [0.1, 0.15) is 17.3 Å². The van der Waals surface area contributed by atoms with Crippen molar-refractivity contribution in [2.45, 2.75) is 6.92 Å². The van der Waals surface area contributed by atoms with E-state index in [4.69, 9.17) is 15.2 Å². The first-order chi connectivity index (χ1) is 15.8. The molecule has 0 aliphatic rings. The van der Waals surface area contributed by atoms with E-state index in [1.54, 1.807) is 31.2 Å². The summed E-state index contributed by atoms with van der Waals surface area (Å²) in [6, 6.07) is 8.70. The number of hydrogen-bond acceptors (Lipinski definition) is 10. The molecular weight excluding hydrogens is 436 g/mol. The average Bonchev–Trinajstić information content (AvgIpc) is 3.07. The minimum atomic E-state index is -0.885. The highest BCUT2D eigenvalue weighted by Crippen LogP contribution is 2.37. The van der Waals surface area contributed by atoms with Crippen molar-refractivity contribution in [1.29, 1.82) is 0 Å². The van der Waals surface area contributed by atoms with Gasteiger partial charge in [0.2, 0.25) is 0 Å². The largest absolute Gasteiger partial charge is 0.495 e. The fourth-order valence-electron chi connectivity index (χ4n) is 3.50. The van der Waals surface area contributed by atoms with Crippen molar-refractivity contribution in [1.82, 2.24) is 14.5 Å². The van der Waals surface area contributed by atoms with Crippen LogP contribution >= 0.6 is 0 Å². The molecule has 0 aliphatic heterocycles. The number of fused-ring (bicyclic) bond motifs is 2. The van der Waals surface area contributed by atoms with Crippen LogP contribution < -0.4 is 10.5 Å². The Balaban J connectivity index is 2.15. The molecule has 0 bridgehead atoms. The molecule has 0 spiro atoms. The van der Waals surface area contributed by atoms with Gasteiger partial charge in [0.15, 0.2) is 5.65 Å². The van der Waals surface area contributed by atoms with E-state index in [2.05, 4.69) is 9.97 Å². The Morgan fingerprint density at radius 2 is 1.70 bits per heavy atom. The molecule has 0 unspecified atom stereocenters. The van der Waals surface area contributed by atoms with Crippen LogP contribution in [0, 0.1) is 20.2 Å². The van der Waals surface area contributed by atoms with Gasteiger partial charge in [0, 0.05) is 0 Å². The van der Waals surface area contributed by atoms with Crippen LogP contribution in [0.15, 0.2) is 36.4 Å². The molecule has 0 atom stereocenters. The zero-order valence-corrected chi connectivity index (χ0v) is 17.3. The number of nitrogens with two attached hydrogens (primary N) is 1. The lowest BCUT2D eigenvalue weighted by Crippen LogP contribution is -2.09. The van der Waals surface area contributed by atoms with Crippen LogP contribution in [0.25, 0.3) is 27.9 Å². The van der Waals surface area contributed by atoms with E-state index in [0.29, 0.717) is 11.4 Å². The van der Waals surface area contributed by atoms with Gasteiger partial charge < -0.3 is 15.2 Å². The topological polar surface area (TPSA) is 179 Å². The average molecular weight is 452 g/mol. The molecule has 13 heteroatoms. The molecule has 0 saturated carbocycles. The van der Waals surface area contributed by atoms with E-state index in [1.807, 2.05) is 0 Å². The van der Waals surface area contributed by atoms with Crippen LogP contribution in [0.2, 0.25) is 0 Å². The van der Waals surface area contributed by atoms with Gasteiger partial charge in [-0.1, -0.05) is 12.1 Å². The molecule has 2 N–H and O–H groups in total. The lowest BCUT2D eigenvalue weighted by atomic mass is 10.2. The number of nitrogens with zero attached hydrogens (tertiary/aromatic N) is 5. The van der Waals surface area contributed by atoms with Crippen LogP contribution in [-0.2, 0) is 4.74 Å². The number of nitro groups is 2. The minimum Gasteiger partial charge on any atom is -0.495 e. The van der Waals surface area contributed by atoms with Crippen molar-refractivity contribution >= 4 is 45.4 Å². The third-order valence-corrected chi connectivity index (χ3v) is 4.89. The predicted molar refractivity (Wildman–Crippen MR) is 117 cm³/mol. The fourth-order valence-corrected chi connectivity index (χ4v) is 3.50. The molecule has 2 heterocycles. The van der Waals surface area contributed by atoms with Gasteiger partial charge in [-0.05, 0) is 19.1 Å². The maximum atomic E-state index is 12.7. The standard InChI is InChI=1S/C20H16N6O7/c1-3-33-20(27)16-17-19(24(18(16)21)12-6-4-5-7-15(12)32-2)23-11-9-14(26(30)31)13(25(28)29)8-10(11)22-17/h4-9H,3,21H2,1-2H3. The van der Waals surface area contributed by atoms with Gasteiger partial charge in [-0.15, -0.1) is 0 Å². The predicted octanol–water partition coefficient (Wildman–Crippen LogP) is 3.16. The highest BCUT2D eigenvalue weighted by molar-refractivity contribution is 6.09. The number of benzene rings is 2. The summed E-state index contributed by atoms with van der Waals surface area (Å²) in [5, 5.41) is 22.7. The first kappa shape index (κ1) is 21.4. The summed E-state index contributed by atoms with van der Waals surface area (Å²) in [7, 11) is 1.45. The number of carbonyl (C=O) groups is 1. The number of methoxy groups -OCH3 is 1. The van der Waals surface area contributed by atoms with Gasteiger partial charge in [0.25, 0.3) is 0 Å². The smallest absolute Gasteiger partial charge is 0.348 e. The van der Waals surface area contributed by atoms with Gasteiger partial charge in [0.1, 0.15) is 22.6 Å². The second kappa shape index (κ2) is 8.03. The zero-order valence-electron chi connectivity index (χ0n) is 17.3.